The maximum absolute atomic E-state index is 5.58. The molecule has 0 saturated heterocycles. The first-order chi connectivity index (χ1) is 8.33. The van der Waals surface area contributed by atoms with E-state index in [9.17, 15) is 0 Å². The van der Waals surface area contributed by atoms with Crippen LogP contribution >= 0.6 is 11.6 Å². The molecule has 0 N–H and O–H groups in total. The lowest BCUT2D eigenvalue weighted by molar-refractivity contribution is 0.415. The monoisotopic (exact) mass is 244 g/mol. The van der Waals surface area contributed by atoms with E-state index in [0.29, 0.717) is 5.88 Å². The number of fused-ring (bicyclic) bond motifs is 1. The highest BCUT2D eigenvalue weighted by atomic mass is 35.5. The van der Waals surface area contributed by atoms with Crippen molar-refractivity contribution in [3.8, 4) is 17.6 Å². The molecule has 0 heterocycles. The van der Waals surface area contributed by atoms with Crippen molar-refractivity contribution in [3.63, 3.8) is 0 Å². The summed E-state index contributed by atoms with van der Waals surface area (Å²) >= 11 is 5.58. The van der Waals surface area contributed by atoms with E-state index in [0.717, 1.165) is 23.1 Å². The van der Waals surface area contributed by atoms with Crippen LogP contribution in [0.15, 0.2) is 36.4 Å². The molecular weight excluding hydrogens is 232 g/mol. The Morgan fingerprint density at radius 2 is 1.88 bits per heavy atom. The van der Waals surface area contributed by atoms with Crippen molar-refractivity contribution in [3.05, 3.63) is 42.0 Å². The fourth-order valence-electron chi connectivity index (χ4n) is 1.64. The molecule has 0 bridgehead atoms. The second kappa shape index (κ2) is 5.61. The lowest BCUT2D eigenvalue weighted by Crippen LogP contribution is -1.83. The molecule has 0 aromatic heterocycles. The summed E-state index contributed by atoms with van der Waals surface area (Å²) in [5.41, 5.74) is 1.02. The summed E-state index contributed by atoms with van der Waals surface area (Å²) in [4.78, 5) is 0. The highest BCUT2D eigenvalue weighted by Gasteiger charge is 1.97. The minimum atomic E-state index is 0.581. The van der Waals surface area contributed by atoms with Crippen LogP contribution in [0.3, 0.4) is 0 Å². The van der Waals surface area contributed by atoms with Gasteiger partial charge in [-0.1, -0.05) is 24.0 Å². The van der Waals surface area contributed by atoms with Crippen LogP contribution < -0.4 is 4.74 Å². The molecule has 1 nitrogen and oxygen atoms in total. The van der Waals surface area contributed by atoms with E-state index < -0.39 is 0 Å². The quantitative estimate of drug-likeness (QED) is 0.576. The highest BCUT2D eigenvalue weighted by molar-refractivity contribution is 6.18. The van der Waals surface area contributed by atoms with Crippen molar-refractivity contribution in [2.24, 2.45) is 0 Å². The maximum atomic E-state index is 5.58. The summed E-state index contributed by atoms with van der Waals surface area (Å²) < 4.78 is 5.19. The summed E-state index contributed by atoms with van der Waals surface area (Å²) in [6, 6.07) is 12.2. The zero-order valence-corrected chi connectivity index (χ0v) is 10.4. The van der Waals surface area contributed by atoms with Crippen LogP contribution in [0.2, 0.25) is 0 Å². The van der Waals surface area contributed by atoms with Crippen LogP contribution in [0.25, 0.3) is 10.8 Å². The molecule has 0 radical (unpaired) electrons. The first-order valence-corrected chi connectivity index (χ1v) is 5.99. The van der Waals surface area contributed by atoms with Gasteiger partial charge < -0.3 is 4.74 Å². The zero-order valence-electron chi connectivity index (χ0n) is 9.66. The Hall–Kier alpha value is -1.65. The fraction of sp³-hybridized carbons (Fsp3) is 0.200. The van der Waals surface area contributed by atoms with Crippen molar-refractivity contribution in [2.75, 3.05) is 13.0 Å². The smallest absolute Gasteiger partial charge is 0.119 e. The van der Waals surface area contributed by atoms with Crippen LogP contribution in [-0.2, 0) is 0 Å². The highest BCUT2D eigenvalue weighted by Crippen LogP contribution is 2.21. The molecule has 0 fully saturated rings. The molecule has 2 rings (SSSR count). The van der Waals surface area contributed by atoms with Gasteiger partial charge in [-0.2, -0.15) is 0 Å². The maximum Gasteiger partial charge on any atom is 0.119 e. The minimum Gasteiger partial charge on any atom is -0.497 e. The molecule has 0 spiro atoms. The Morgan fingerprint density at radius 3 is 2.65 bits per heavy atom. The van der Waals surface area contributed by atoms with E-state index in [-0.39, 0.29) is 0 Å². The first kappa shape index (κ1) is 11.8. The molecule has 0 saturated carbocycles. The number of hydrogen-bond donors (Lipinski definition) is 0. The van der Waals surface area contributed by atoms with Crippen LogP contribution in [0.1, 0.15) is 12.0 Å². The van der Waals surface area contributed by atoms with E-state index in [1.807, 2.05) is 24.3 Å². The third kappa shape index (κ3) is 2.93. The molecule has 2 aromatic rings. The third-order valence-corrected chi connectivity index (χ3v) is 2.69. The second-order valence-electron chi connectivity index (χ2n) is 3.67. The molecule has 17 heavy (non-hydrogen) atoms. The molecule has 2 aromatic carbocycles. The van der Waals surface area contributed by atoms with E-state index in [1.54, 1.807) is 7.11 Å². The third-order valence-electron chi connectivity index (χ3n) is 2.50. The Labute approximate surface area is 106 Å². The SMILES string of the molecule is COc1ccc2cc(C#CCCCl)ccc2c1. The van der Waals surface area contributed by atoms with Gasteiger partial charge in [0.2, 0.25) is 0 Å². The summed E-state index contributed by atoms with van der Waals surface area (Å²) in [5.74, 6) is 7.59. The van der Waals surface area contributed by atoms with Gasteiger partial charge in [0, 0.05) is 17.9 Å². The number of benzene rings is 2. The van der Waals surface area contributed by atoms with Crippen LogP contribution in [-0.4, -0.2) is 13.0 Å². The van der Waals surface area contributed by atoms with Crippen molar-refractivity contribution in [1.82, 2.24) is 0 Å². The summed E-state index contributed by atoms with van der Waals surface area (Å²) in [7, 11) is 1.67. The molecular formula is C15H13ClO. The molecule has 0 aliphatic heterocycles. The fourth-order valence-corrected chi connectivity index (χ4v) is 1.73. The number of rotatable bonds is 2. The number of hydrogen-bond acceptors (Lipinski definition) is 1. The van der Waals surface area contributed by atoms with Gasteiger partial charge in [-0.3, -0.25) is 0 Å². The molecule has 0 amide bonds. The largest absolute Gasteiger partial charge is 0.497 e. The van der Waals surface area contributed by atoms with Gasteiger partial charge in [-0.25, -0.2) is 0 Å². The number of halogens is 1. The molecule has 0 aliphatic carbocycles. The van der Waals surface area contributed by atoms with Crippen LogP contribution in [0.5, 0.6) is 5.75 Å². The van der Waals surface area contributed by atoms with E-state index >= 15 is 0 Å². The van der Waals surface area contributed by atoms with Gasteiger partial charge in [0.05, 0.1) is 7.11 Å². The van der Waals surface area contributed by atoms with Crippen molar-refractivity contribution in [2.45, 2.75) is 6.42 Å². The van der Waals surface area contributed by atoms with Gasteiger partial charge in [-0.15, -0.1) is 11.6 Å². The average molecular weight is 245 g/mol. The van der Waals surface area contributed by atoms with Gasteiger partial charge >= 0.3 is 0 Å². The molecule has 2 heteroatoms. The van der Waals surface area contributed by atoms with Crippen molar-refractivity contribution >= 4 is 22.4 Å². The standard InChI is InChI=1S/C15H13ClO/c1-17-15-8-7-13-10-12(4-2-3-9-16)5-6-14(13)11-15/h5-8,10-11H,3,9H2,1H3. The number of methoxy groups -OCH3 is 1. The zero-order chi connectivity index (χ0) is 12.1. The second-order valence-corrected chi connectivity index (χ2v) is 4.05. The molecule has 0 atom stereocenters. The number of alkyl halides is 1. The Bertz CT molecular complexity index is 578. The molecule has 0 unspecified atom stereocenters. The summed E-state index contributed by atoms with van der Waals surface area (Å²) in [5, 5.41) is 2.33. The Morgan fingerprint density at radius 1 is 1.12 bits per heavy atom. The van der Waals surface area contributed by atoms with Crippen LogP contribution in [0, 0.1) is 11.8 Å². The summed E-state index contributed by atoms with van der Waals surface area (Å²) in [6.07, 6.45) is 0.724. The predicted octanol–water partition coefficient (Wildman–Crippen LogP) is 3.83. The predicted molar refractivity (Wildman–Crippen MR) is 72.7 cm³/mol. The van der Waals surface area contributed by atoms with Gasteiger partial charge in [0.15, 0.2) is 0 Å². The molecule has 86 valence electrons. The van der Waals surface area contributed by atoms with Crippen molar-refractivity contribution < 1.29 is 4.74 Å². The van der Waals surface area contributed by atoms with Gasteiger partial charge in [0.25, 0.3) is 0 Å². The summed E-state index contributed by atoms with van der Waals surface area (Å²) in [6.45, 7) is 0. The topological polar surface area (TPSA) is 9.23 Å². The lowest BCUT2D eigenvalue weighted by Gasteiger charge is -2.02. The van der Waals surface area contributed by atoms with E-state index in [1.165, 1.54) is 5.39 Å². The average Bonchev–Trinajstić information content (AvgIpc) is 2.38. The van der Waals surface area contributed by atoms with E-state index in [2.05, 4.69) is 24.0 Å². The lowest BCUT2D eigenvalue weighted by atomic mass is 10.1. The molecule has 0 aliphatic rings. The van der Waals surface area contributed by atoms with Gasteiger partial charge in [-0.05, 0) is 35.0 Å². The minimum absolute atomic E-state index is 0.581. The number of ether oxygens (including phenoxy) is 1. The van der Waals surface area contributed by atoms with Crippen LogP contribution in [0.4, 0.5) is 0 Å². The van der Waals surface area contributed by atoms with Crippen molar-refractivity contribution in [1.29, 1.82) is 0 Å². The van der Waals surface area contributed by atoms with Gasteiger partial charge in [0.1, 0.15) is 5.75 Å². The van der Waals surface area contributed by atoms with E-state index in [4.69, 9.17) is 16.3 Å². The Balaban J connectivity index is 2.36. The first-order valence-electron chi connectivity index (χ1n) is 5.46. The Kier molecular flexibility index (Phi) is 3.90. The normalized spacial score (nSPS) is 9.76.